The summed E-state index contributed by atoms with van der Waals surface area (Å²) in [4.78, 5) is 8.42. The van der Waals surface area contributed by atoms with Crippen LogP contribution in [0.4, 0.5) is 4.39 Å². The molecule has 2 aromatic heterocycles. The summed E-state index contributed by atoms with van der Waals surface area (Å²) in [6, 6.07) is 7.16. The van der Waals surface area contributed by atoms with E-state index in [1.807, 2.05) is 38.1 Å². The Hall–Kier alpha value is -2.62. The first kappa shape index (κ1) is 25.4. The van der Waals surface area contributed by atoms with Crippen LogP contribution < -0.4 is 0 Å². The number of nitrogens with zero attached hydrogens (tertiary/aromatic N) is 2. The summed E-state index contributed by atoms with van der Waals surface area (Å²) in [6.45, 7) is 12.7. The van der Waals surface area contributed by atoms with E-state index in [2.05, 4.69) is 38.8 Å². The van der Waals surface area contributed by atoms with Crippen molar-refractivity contribution in [3.63, 3.8) is 0 Å². The Kier molecular flexibility index (Phi) is 11.5. The quantitative estimate of drug-likeness (QED) is 0.276. The van der Waals surface area contributed by atoms with Crippen LogP contribution in [-0.2, 0) is 0 Å². The molecule has 1 N–H and O–H groups in total. The van der Waals surface area contributed by atoms with Gasteiger partial charge in [-0.25, -0.2) is 9.97 Å². The average Bonchev–Trinajstić information content (AvgIpc) is 2.74. The molecule has 4 heteroatoms. The number of hydrogen-bond acceptors (Lipinski definition) is 3. The lowest BCUT2D eigenvalue weighted by molar-refractivity contribution is 0.583. The van der Waals surface area contributed by atoms with E-state index < -0.39 is 5.95 Å². The maximum atomic E-state index is 13.7. The van der Waals surface area contributed by atoms with Crippen molar-refractivity contribution in [3.05, 3.63) is 71.1 Å². The summed E-state index contributed by atoms with van der Waals surface area (Å²) >= 11 is 0. The van der Waals surface area contributed by atoms with Crippen LogP contribution in [-0.4, -0.2) is 16.2 Å². The van der Waals surface area contributed by atoms with E-state index in [4.69, 9.17) is 10.4 Å². The molecule has 0 spiro atoms. The van der Waals surface area contributed by atoms with E-state index >= 15 is 0 Å². The SMILES string of the molecule is C/C=C(\C=N)c1ccc(C)c(/C(=C\CCCC)c2ccnc(F)c2)n1.CCC(C)C. The van der Waals surface area contributed by atoms with Crippen molar-refractivity contribution in [2.45, 2.75) is 67.2 Å². The number of hydrogen-bond donors (Lipinski definition) is 1. The molecule has 0 saturated carbocycles. The molecule has 0 saturated heterocycles. The van der Waals surface area contributed by atoms with Crippen molar-refractivity contribution in [2.24, 2.45) is 5.92 Å². The standard InChI is InChI=1S/C21H24FN3.C5H12/c1-4-6-7-8-18(17-11-12-24-20(22)13-17)21-15(3)9-10-19(25-21)16(5-2)14-23;1-4-5(2)3/h5,8-14,23H,4,6-7H2,1-3H3;5H,4H2,1-3H3/b16-5+,18-8-,23-14?;. The number of allylic oxidation sites excluding steroid dienone is 3. The third kappa shape index (κ3) is 8.02. The van der Waals surface area contributed by atoms with Crippen molar-refractivity contribution in [1.82, 2.24) is 9.97 Å². The second kappa shape index (κ2) is 13.6. The van der Waals surface area contributed by atoms with Crippen molar-refractivity contribution in [2.75, 3.05) is 0 Å². The molecule has 162 valence electrons. The van der Waals surface area contributed by atoms with E-state index in [1.165, 1.54) is 24.9 Å². The molecule has 0 aliphatic carbocycles. The summed E-state index contributed by atoms with van der Waals surface area (Å²) in [6.07, 6.45) is 11.1. The molecule has 0 atom stereocenters. The van der Waals surface area contributed by atoms with Crippen molar-refractivity contribution in [3.8, 4) is 0 Å². The van der Waals surface area contributed by atoms with Crippen LogP contribution >= 0.6 is 0 Å². The van der Waals surface area contributed by atoms with Gasteiger partial charge in [-0.15, -0.1) is 0 Å². The van der Waals surface area contributed by atoms with Crippen LogP contribution in [0.3, 0.4) is 0 Å². The van der Waals surface area contributed by atoms with Crippen molar-refractivity contribution in [1.29, 1.82) is 5.41 Å². The lowest BCUT2D eigenvalue weighted by atomic mass is 9.97. The van der Waals surface area contributed by atoms with E-state index in [9.17, 15) is 4.39 Å². The molecule has 0 fully saturated rings. The fraction of sp³-hybridized carbons (Fsp3) is 0.423. The minimum absolute atomic E-state index is 0.499. The highest BCUT2D eigenvalue weighted by Crippen LogP contribution is 2.27. The van der Waals surface area contributed by atoms with Crippen molar-refractivity contribution < 1.29 is 4.39 Å². The van der Waals surface area contributed by atoms with Gasteiger partial charge >= 0.3 is 0 Å². The molecule has 2 rings (SSSR count). The predicted octanol–water partition coefficient (Wildman–Crippen LogP) is 7.65. The molecule has 30 heavy (non-hydrogen) atoms. The van der Waals surface area contributed by atoms with Crippen LogP contribution in [0.1, 0.15) is 82.8 Å². The molecule has 0 aliphatic rings. The van der Waals surface area contributed by atoms with Crippen LogP contribution in [0.25, 0.3) is 11.1 Å². The molecule has 2 aromatic rings. The Balaban J connectivity index is 0.000000804. The fourth-order valence-corrected chi connectivity index (χ4v) is 2.64. The van der Waals surface area contributed by atoms with Gasteiger partial charge in [0.25, 0.3) is 0 Å². The van der Waals surface area contributed by atoms with Crippen LogP contribution in [0.15, 0.2) is 42.6 Å². The minimum atomic E-state index is -0.499. The van der Waals surface area contributed by atoms with Gasteiger partial charge in [-0.1, -0.05) is 65.2 Å². The third-order valence-electron chi connectivity index (χ3n) is 4.87. The smallest absolute Gasteiger partial charge is 0.213 e. The number of unbranched alkanes of at least 4 members (excludes halogenated alkanes) is 2. The fourth-order valence-electron chi connectivity index (χ4n) is 2.64. The third-order valence-corrected chi connectivity index (χ3v) is 4.87. The number of rotatable bonds is 8. The predicted molar refractivity (Wildman–Crippen MR) is 127 cm³/mol. The zero-order chi connectivity index (χ0) is 22.5. The Labute approximate surface area is 181 Å². The zero-order valence-electron chi connectivity index (χ0n) is 19.3. The first-order chi connectivity index (χ1) is 14.4. The lowest BCUT2D eigenvalue weighted by Gasteiger charge is -2.13. The normalized spacial score (nSPS) is 11.9. The van der Waals surface area contributed by atoms with Gasteiger partial charge in [0, 0.05) is 29.6 Å². The Bertz CT molecular complexity index is 866. The zero-order valence-corrected chi connectivity index (χ0v) is 19.3. The van der Waals surface area contributed by atoms with E-state index in [0.29, 0.717) is 0 Å². The Morgan fingerprint density at radius 3 is 2.43 bits per heavy atom. The van der Waals surface area contributed by atoms with Gasteiger partial charge in [0.05, 0.1) is 11.4 Å². The number of aryl methyl sites for hydroxylation is 1. The minimum Gasteiger partial charge on any atom is -0.308 e. The molecular formula is C26H36FN3. The van der Waals surface area contributed by atoms with Crippen LogP contribution in [0.2, 0.25) is 0 Å². The molecule has 0 amide bonds. The average molecular weight is 410 g/mol. The van der Waals surface area contributed by atoms with E-state index in [-0.39, 0.29) is 0 Å². The number of pyridine rings is 2. The van der Waals surface area contributed by atoms with Gasteiger partial charge in [0.15, 0.2) is 0 Å². The summed E-state index contributed by atoms with van der Waals surface area (Å²) in [5, 5.41) is 7.55. The van der Waals surface area contributed by atoms with Gasteiger partial charge < -0.3 is 5.41 Å². The largest absolute Gasteiger partial charge is 0.308 e. The highest BCUT2D eigenvalue weighted by molar-refractivity contribution is 6.07. The molecule has 0 radical (unpaired) electrons. The Morgan fingerprint density at radius 2 is 1.90 bits per heavy atom. The summed E-state index contributed by atoms with van der Waals surface area (Å²) in [7, 11) is 0. The van der Waals surface area contributed by atoms with Gasteiger partial charge in [0.2, 0.25) is 5.95 Å². The van der Waals surface area contributed by atoms with E-state index in [0.717, 1.165) is 58.8 Å². The number of halogens is 1. The van der Waals surface area contributed by atoms with Crippen LogP contribution in [0.5, 0.6) is 0 Å². The highest BCUT2D eigenvalue weighted by Gasteiger charge is 2.13. The second-order valence-electron chi connectivity index (χ2n) is 7.68. The first-order valence-corrected chi connectivity index (χ1v) is 10.8. The van der Waals surface area contributed by atoms with Crippen LogP contribution in [0, 0.1) is 24.2 Å². The topological polar surface area (TPSA) is 49.6 Å². The molecule has 2 heterocycles. The lowest BCUT2D eigenvalue weighted by Crippen LogP contribution is -2.01. The summed E-state index contributed by atoms with van der Waals surface area (Å²) < 4.78 is 13.7. The monoisotopic (exact) mass is 409 g/mol. The van der Waals surface area contributed by atoms with E-state index in [1.54, 1.807) is 0 Å². The van der Waals surface area contributed by atoms with Gasteiger partial charge in [-0.3, -0.25) is 0 Å². The van der Waals surface area contributed by atoms with Gasteiger partial charge in [-0.2, -0.15) is 4.39 Å². The molecule has 0 bridgehead atoms. The molecule has 0 unspecified atom stereocenters. The molecule has 0 aliphatic heterocycles. The van der Waals surface area contributed by atoms with Gasteiger partial charge in [0.1, 0.15) is 0 Å². The summed E-state index contributed by atoms with van der Waals surface area (Å²) in [5.74, 6) is 0.385. The highest BCUT2D eigenvalue weighted by atomic mass is 19.1. The van der Waals surface area contributed by atoms with Gasteiger partial charge in [-0.05, 0) is 49.4 Å². The van der Waals surface area contributed by atoms with Crippen molar-refractivity contribution >= 4 is 17.4 Å². The second-order valence-corrected chi connectivity index (χ2v) is 7.68. The maximum Gasteiger partial charge on any atom is 0.213 e. The molecular weight excluding hydrogens is 373 g/mol. The first-order valence-electron chi connectivity index (χ1n) is 10.8. The summed E-state index contributed by atoms with van der Waals surface area (Å²) in [5.41, 5.74) is 5.02. The molecule has 0 aromatic carbocycles. The number of nitrogens with one attached hydrogen (secondary N) is 1. The number of aromatic nitrogens is 2. The Morgan fingerprint density at radius 1 is 1.20 bits per heavy atom. The molecule has 3 nitrogen and oxygen atoms in total. The maximum absolute atomic E-state index is 13.7.